The molecule has 0 atom stereocenters. The second-order valence-corrected chi connectivity index (χ2v) is 6.91. The number of aromatic nitrogens is 2. The van der Waals surface area contributed by atoms with Crippen molar-refractivity contribution in [1.29, 1.82) is 0 Å². The van der Waals surface area contributed by atoms with Crippen LogP contribution in [0.5, 0.6) is 5.75 Å². The number of carbonyl (C=O) groups excluding carboxylic acids is 1. The van der Waals surface area contributed by atoms with Gasteiger partial charge >= 0.3 is 0 Å². The fourth-order valence-corrected chi connectivity index (χ4v) is 3.29. The van der Waals surface area contributed by atoms with Gasteiger partial charge in [-0.25, -0.2) is 0 Å². The molecule has 1 aliphatic heterocycles. The SMILES string of the molecule is CCc1ccc(OCC(=O)N2CCN(c3ccc(-c4ccco4)nn3)CC2)cc1. The van der Waals surface area contributed by atoms with Gasteiger partial charge in [-0.05, 0) is 48.4 Å². The summed E-state index contributed by atoms with van der Waals surface area (Å²) in [5.74, 6) is 2.23. The molecule has 0 saturated carbocycles. The summed E-state index contributed by atoms with van der Waals surface area (Å²) >= 11 is 0. The van der Waals surface area contributed by atoms with E-state index in [1.54, 1.807) is 6.26 Å². The van der Waals surface area contributed by atoms with Gasteiger partial charge in [0.1, 0.15) is 11.4 Å². The van der Waals surface area contributed by atoms with E-state index in [0.717, 1.165) is 18.0 Å². The average molecular weight is 392 g/mol. The highest BCUT2D eigenvalue weighted by Gasteiger charge is 2.22. The predicted molar refractivity (Wildman–Crippen MR) is 110 cm³/mol. The summed E-state index contributed by atoms with van der Waals surface area (Å²) in [6, 6.07) is 15.4. The normalized spacial score (nSPS) is 14.1. The number of carbonyl (C=O) groups is 1. The topological polar surface area (TPSA) is 71.7 Å². The van der Waals surface area contributed by atoms with Crippen molar-refractivity contribution in [3.05, 3.63) is 60.4 Å². The van der Waals surface area contributed by atoms with Crippen LogP contribution in [0.2, 0.25) is 0 Å². The van der Waals surface area contributed by atoms with Gasteiger partial charge in [0.25, 0.3) is 5.91 Å². The van der Waals surface area contributed by atoms with E-state index in [1.165, 1.54) is 5.56 Å². The molecule has 4 rings (SSSR count). The maximum atomic E-state index is 12.5. The molecule has 0 radical (unpaired) electrons. The van der Waals surface area contributed by atoms with Crippen LogP contribution < -0.4 is 9.64 Å². The summed E-state index contributed by atoms with van der Waals surface area (Å²) in [5, 5.41) is 8.55. The van der Waals surface area contributed by atoms with Crippen molar-refractivity contribution in [2.45, 2.75) is 13.3 Å². The van der Waals surface area contributed by atoms with Crippen LogP contribution in [0.4, 0.5) is 5.82 Å². The smallest absolute Gasteiger partial charge is 0.260 e. The summed E-state index contributed by atoms with van der Waals surface area (Å²) in [6.45, 7) is 4.87. The first kappa shape index (κ1) is 19.0. The molecule has 0 unspecified atom stereocenters. The zero-order valence-electron chi connectivity index (χ0n) is 16.5. The lowest BCUT2D eigenvalue weighted by atomic mass is 10.2. The highest BCUT2D eigenvalue weighted by atomic mass is 16.5. The monoisotopic (exact) mass is 392 g/mol. The Morgan fingerprint density at radius 2 is 1.83 bits per heavy atom. The Balaban J connectivity index is 1.26. The first-order valence-electron chi connectivity index (χ1n) is 9.85. The molecule has 1 aromatic carbocycles. The van der Waals surface area contributed by atoms with Crippen molar-refractivity contribution in [3.63, 3.8) is 0 Å². The Labute approximate surface area is 169 Å². The van der Waals surface area contributed by atoms with Gasteiger partial charge in [-0.15, -0.1) is 10.2 Å². The van der Waals surface area contributed by atoms with Crippen molar-refractivity contribution in [2.75, 3.05) is 37.7 Å². The zero-order valence-corrected chi connectivity index (χ0v) is 16.5. The molecule has 0 bridgehead atoms. The molecule has 1 amide bonds. The van der Waals surface area contributed by atoms with E-state index in [-0.39, 0.29) is 12.5 Å². The van der Waals surface area contributed by atoms with Gasteiger partial charge in [-0.1, -0.05) is 19.1 Å². The molecule has 0 spiro atoms. The van der Waals surface area contributed by atoms with E-state index in [0.29, 0.717) is 37.6 Å². The molecule has 2 aromatic heterocycles. The molecular weight excluding hydrogens is 368 g/mol. The fraction of sp³-hybridized carbons (Fsp3) is 0.318. The standard InChI is InChI=1S/C22H24N4O3/c1-2-17-5-7-18(8-6-17)29-16-22(27)26-13-11-25(12-14-26)21-10-9-19(23-24-21)20-4-3-15-28-20/h3-10,15H,2,11-14,16H2,1H3. The van der Waals surface area contributed by atoms with Crippen molar-refractivity contribution in [1.82, 2.24) is 15.1 Å². The highest BCUT2D eigenvalue weighted by molar-refractivity contribution is 5.78. The van der Waals surface area contributed by atoms with Gasteiger partial charge in [0.2, 0.25) is 0 Å². The van der Waals surface area contributed by atoms with Crippen LogP contribution in [0.25, 0.3) is 11.5 Å². The third-order valence-electron chi connectivity index (χ3n) is 5.07. The lowest BCUT2D eigenvalue weighted by Crippen LogP contribution is -2.50. The molecule has 3 heterocycles. The van der Waals surface area contributed by atoms with Crippen LogP contribution in [-0.4, -0.2) is 53.8 Å². The van der Waals surface area contributed by atoms with Crippen molar-refractivity contribution in [3.8, 4) is 17.2 Å². The zero-order chi connectivity index (χ0) is 20.1. The van der Waals surface area contributed by atoms with Crippen molar-refractivity contribution >= 4 is 11.7 Å². The number of hydrogen-bond acceptors (Lipinski definition) is 6. The van der Waals surface area contributed by atoms with Gasteiger partial charge in [0.05, 0.1) is 6.26 Å². The van der Waals surface area contributed by atoms with E-state index in [1.807, 2.05) is 53.4 Å². The van der Waals surface area contributed by atoms with E-state index in [4.69, 9.17) is 9.15 Å². The van der Waals surface area contributed by atoms with E-state index in [9.17, 15) is 4.79 Å². The summed E-state index contributed by atoms with van der Waals surface area (Å²) in [6.07, 6.45) is 2.60. The van der Waals surface area contributed by atoms with Crippen molar-refractivity contribution in [2.24, 2.45) is 0 Å². The fourth-order valence-electron chi connectivity index (χ4n) is 3.29. The molecule has 0 aliphatic carbocycles. The molecule has 1 fully saturated rings. The number of ether oxygens (including phenoxy) is 1. The highest BCUT2D eigenvalue weighted by Crippen LogP contribution is 2.20. The minimum atomic E-state index is 0.00321. The van der Waals surface area contributed by atoms with E-state index in [2.05, 4.69) is 22.0 Å². The molecule has 3 aromatic rings. The van der Waals surface area contributed by atoms with Crippen LogP contribution in [0.15, 0.2) is 59.2 Å². The lowest BCUT2D eigenvalue weighted by Gasteiger charge is -2.35. The minimum absolute atomic E-state index is 0.00321. The first-order valence-corrected chi connectivity index (χ1v) is 9.85. The number of aryl methyl sites for hydroxylation is 1. The van der Waals surface area contributed by atoms with Crippen LogP contribution in [0, 0.1) is 0 Å². The second kappa shape index (κ2) is 8.77. The van der Waals surface area contributed by atoms with E-state index < -0.39 is 0 Å². The number of piperazine rings is 1. The number of amides is 1. The van der Waals surface area contributed by atoms with Gasteiger partial charge in [-0.2, -0.15) is 0 Å². The van der Waals surface area contributed by atoms with Crippen molar-refractivity contribution < 1.29 is 13.9 Å². The Bertz CT molecular complexity index is 916. The summed E-state index contributed by atoms with van der Waals surface area (Å²) in [7, 11) is 0. The molecule has 150 valence electrons. The van der Waals surface area contributed by atoms with E-state index >= 15 is 0 Å². The number of hydrogen-bond donors (Lipinski definition) is 0. The average Bonchev–Trinajstić information content (AvgIpc) is 3.33. The predicted octanol–water partition coefficient (Wildman–Crippen LogP) is 3.03. The quantitative estimate of drug-likeness (QED) is 0.642. The van der Waals surface area contributed by atoms with Crippen LogP contribution in [0.3, 0.4) is 0 Å². The van der Waals surface area contributed by atoms with Crippen LogP contribution >= 0.6 is 0 Å². The van der Waals surface area contributed by atoms with Crippen LogP contribution in [-0.2, 0) is 11.2 Å². The number of furan rings is 1. The second-order valence-electron chi connectivity index (χ2n) is 6.91. The number of rotatable bonds is 6. The third-order valence-corrected chi connectivity index (χ3v) is 5.07. The number of anilines is 1. The molecule has 7 heteroatoms. The van der Waals surface area contributed by atoms with Gasteiger partial charge < -0.3 is 19.0 Å². The maximum Gasteiger partial charge on any atom is 0.260 e. The minimum Gasteiger partial charge on any atom is -0.484 e. The Morgan fingerprint density at radius 1 is 1.03 bits per heavy atom. The molecule has 0 N–H and O–H groups in total. The molecule has 29 heavy (non-hydrogen) atoms. The van der Waals surface area contributed by atoms with Gasteiger partial charge in [-0.3, -0.25) is 4.79 Å². The summed E-state index contributed by atoms with van der Waals surface area (Å²) < 4.78 is 11.0. The molecule has 7 nitrogen and oxygen atoms in total. The molecule has 1 saturated heterocycles. The van der Waals surface area contributed by atoms with Crippen LogP contribution in [0.1, 0.15) is 12.5 Å². The lowest BCUT2D eigenvalue weighted by molar-refractivity contribution is -0.133. The van der Waals surface area contributed by atoms with Gasteiger partial charge in [0, 0.05) is 26.2 Å². The molecule has 1 aliphatic rings. The Kier molecular flexibility index (Phi) is 5.74. The summed E-state index contributed by atoms with van der Waals surface area (Å²) in [4.78, 5) is 16.4. The first-order chi connectivity index (χ1) is 14.2. The number of nitrogens with zero attached hydrogens (tertiary/aromatic N) is 4. The largest absolute Gasteiger partial charge is 0.484 e. The van der Waals surface area contributed by atoms with Gasteiger partial charge in [0.15, 0.2) is 18.2 Å². The maximum absolute atomic E-state index is 12.5. The third kappa shape index (κ3) is 4.56. The Hall–Kier alpha value is -3.35. The number of benzene rings is 1. The molecular formula is C22H24N4O3. The summed E-state index contributed by atoms with van der Waals surface area (Å²) in [5.41, 5.74) is 1.96. The Morgan fingerprint density at radius 3 is 2.45 bits per heavy atom.